The van der Waals surface area contributed by atoms with Gasteiger partial charge in [0.2, 0.25) is 5.91 Å². The smallest absolute Gasteiger partial charge is 0.329 e. The number of unbranched alkanes of at least 4 members (excludes halogenated alkanes) is 3. The summed E-state index contributed by atoms with van der Waals surface area (Å²) in [5.41, 5.74) is 5.02. The van der Waals surface area contributed by atoms with E-state index < -0.39 is 12.0 Å². The van der Waals surface area contributed by atoms with E-state index in [4.69, 9.17) is 10.3 Å². The van der Waals surface area contributed by atoms with Crippen LogP contribution in [0.3, 0.4) is 0 Å². The van der Waals surface area contributed by atoms with Crippen LogP contribution in [0.25, 0.3) is 0 Å². The molecule has 8 nitrogen and oxygen atoms in total. The molecule has 0 aliphatic rings. The molecule has 0 radical (unpaired) electrons. The van der Waals surface area contributed by atoms with E-state index in [1.165, 1.54) is 0 Å². The van der Waals surface area contributed by atoms with E-state index in [0.717, 1.165) is 31.5 Å². The minimum Gasteiger partial charge on any atom is -0.383 e. The molecule has 0 aliphatic heterocycles. The van der Waals surface area contributed by atoms with E-state index in [9.17, 15) is 9.90 Å². The lowest BCUT2D eigenvalue weighted by atomic mass is 10.1. The van der Waals surface area contributed by atoms with Gasteiger partial charge in [-0.1, -0.05) is 30.5 Å². The normalized spacial score (nSPS) is 12.1. The molecule has 3 N–H and O–H groups in total. The summed E-state index contributed by atoms with van der Waals surface area (Å²) in [5, 5.41) is 13.2. The Morgan fingerprint density at radius 1 is 1.33 bits per heavy atom. The van der Waals surface area contributed by atoms with E-state index in [-0.39, 0.29) is 0 Å². The minimum absolute atomic E-state index is 0.405. The molecule has 0 saturated carbocycles. The summed E-state index contributed by atoms with van der Waals surface area (Å²) in [6, 6.07) is 6.08. The lowest BCUT2D eigenvalue weighted by Gasteiger charge is -2.18. The van der Waals surface area contributed by atoms with Gasteiger partial charge in [0.25, 0.3) is 0 Å². The van der Waals surface area contributed by atoms with Crippen LogP contribution in [-0.2, 0) is 4.79 Å². The van der Waals surface area contributed by atoms with Gasteiger partial charge in [-0.2, -0.15) is 4.98 Å². The monoisotopic (exact) mass is 333 g/mol. The zero-order valence-corrected chi connectivity index (χ0v) is 13.8. The van der Waals surface area contributed by atoms with Crippen LogP contribution in [-0.4, -0.2) is 38.8 Å². The van der Waals surface area contributed by atoms with Crippen LogP contribution >= 0.6 is 0 Å². The number of primary amides is 1. The highest BCUT2D eigenvalue weighted by molar-refractivity contribution is 5.78. The Kier molecular flexibility index (Phi) is 6.68. The molecule has 8 heteroatoms. The summed E-state index contributed by atoms with van der Waals surface area (Å²) in [5.74, 6) is 0.666. The van der Waals surface area contributed by atoms with E-state index in [0.29, 0.717) is 24.8 Å². The summed E-state index contributed by atoms with van der Waals surface area (Å²) in [6.07, 6.45) is 4.58. The Balaban J connectivity index is 1.83. The average molecular weight is 333 g/mol. The first-order valence-corrected chi connectivity index (χ1v) is 8.04. The number of nitrogens with two attached hydrogens (primary N) is 1. The van der Waals surface area contributed by atoms with Crippen molar-refractivity contribution in [3.63, 3.8) is 0 Å². The molecule has 0 spiro atoms. The van der Waals surface area contributed by atoms with Crippen molar-refractivity contribution in [3.05, 3.63) is 30.2 Å². The van der Waals surface area contributed by atoms with Crippen LogP contribution in [0, 0.1) is 6.92 Å². The molecule has 0 aromatic carbocycles. The fourth-order valence-electron chi connectivity index (χ4n) is 2.32. The molecule has 0 bridgehead atoms. The van der Waals surface area contributed by atoms with E-state index in [2.05, 4.69) is 15.1 Å². The highest BCUT2D eigenvalue weighted by Crippen LogP contribution is 2.22. The largest absolute Gasteiger partial charge is 0.383 e. The number of aryl methyl sites for hydroxylation is 1. The molecule has 2 rings (SSSR count). The summed E-state index contributed by atoms with van der Waals surface area (Å²) >= 11 is 0. The number of aliphatic hydroxyl groups is 1. The number of hydrogen-bond acceptors (Lipinski definition) is 7. The predicted molar refractivity (Wildman–Crippen MR) is 88.6 cm³/mol. The second-order valence-corrected chi connectivity index (χ2v) is 5.58. The number of amides is 1. The SMILES string of the molecule is Cc1noc(N(CCCCCCC(O)C(N)=O)c2ccccn2)n1. The van der Waals surface area contributed by atoms with Crippen LogP contribution in [0.1, 0.15) is 37.9 Å². The number of aliphatic hydroxyl groups excluding tert-OH is 1. The van der Waals surface area contributed by atoms with Crippen molar-refractivity contribution < 1.29 is 14.4 Å². The van der Waals surface area contributed by atoms with Gasteiger partial charge in [-0.3, -0.25) is 9.69 Å². The standard InChI is InChI=1S/C16H23N5O3/c1-12-19-16(24-20-12)21(14-9-5-6-10-18-14)11-7-3-2-4-8-13(22)15(17)23/h5-6,9-10,13,22H,2-4,7-8,11H2,1H3,(H2,17,23). The Morgan fingerprint density at radius 2 is 2.12 bits per heavy atom. The van der Waals surface area contributed by atoms with Gasteiger partial charge in [0.05, 0.1) is 0 Å². The van der Waals surface area contributed by atoms with Gasteiger partial charge in [0, 0.05) is 12.7 Å². The predicted octanol–water partition coefficient (Wildman–Crippen LogP) is 1.71. The number of rotatable bonds is 10. The second-order valence-electron chi connectivity index (χ2n) is 5.58. The number of anilines is 2. The third-order valence-corrected chi connectivity index (χ3v) is 3.61. The summed E-state index contributed by atoms with van der Waals surface area (Å²) in [4.78, 5) is 21.3. The van der Waals surface area contributed by atoms with Crippen molar-refractivity contribution in [2.75, 3.05) is 11.4 Å². The third-order valence-electron chi connectivity index (χ3n) is 3.61. The van der Waals surface area contributed by atoms with E-state index in [1.54, 1.807) is 13.1 Å². The second kappa shape index (κ2) is 8.97. The molecule has 0 fully saturated rings. The molecule has 24 heavy (non-hydrogen) atoms. The van der Waals surface area contributed by atoms with Crippen molar-refractivity contribution in [2.45, 2.75) is 45.1 Å². The van der Waals surface area contributed by atoms with Crippen molar-refractivity contribution in [2.24, 2.45) is 5.73 Å². The first kappa shape index (κ1) is 17.9. The maximum atomic E-state index is 10.8. The Labute approximate surface area is 140 Å². The van der Waals surface area contributed by atoms with Crippen LogP contribution in [0.2, 0.25) is 0 Å². The number of hydrogen-bond donors (Lipinski definition) is 2. The Hall–Kier alpha value is -2.48. The van der Waals surface area contributed by atoms with Gasteiger partial charge in [0.15, 0.2) is 5.82 Å². The maximum Gasteiger partial charge on any atom is 0.329 e. The van der Waals surface area contributed by atoms with Crippen LogP contribution in [0.15, 0.2) is 28.9 Å². The van der Waals surface area contributed by atoms with Crippen LogP contribution < -0.4 is 10.6 Å². The lowest BCUT2D eigenvalue weighted by Crippen LogP contribution is -2.27. The topological polar surface area (TPSA) is 118 Å². The van der Waals surface area contributed by atoms with Gasteiger partial charge in [-0.15, -0.1) is 0 Å². The van der Waals surface area contributed by atoms with Gasteiger partial charge >= 0.3 is 6.01 Å². The molecular weight excluding hydrogens is 310 g/mol. The zero-order chi connectivity index (χ0) is 17.4. The molecule has 2 heterocycles. The highest BCUT2D eigenvalue weighted by Gasteiger charge is 2.16. The van der Waals surface area contributed by atoms with Crippen molar-refractivity contribution in [1.82, 2.24) is 15.1 Å². The van der Waals surface area contributed by atoms with Gasteiger partial charge in [-0.05, 0) is 31.9 Å². The zero-order valence-electron chi connectivity index (χ0n) is 13.8. The van der Waals surface area contributed by atoms with Crippen molar-refractivity contribution in [1.29, 1.82) is 0 Å². The number of pyridine rings is 1. The fourth-order valence-corrected chi connectivity index (χ4v) is 2.32. The fraction of sp³-hybridized carbons (Fsp3) is 0.500. The Morgan fingerprint density at radius 3 is 2.75 bits per heavy atom. The molecule has 0 saturated heterocycles. The maximum absolute atomic E-state index is 10.8. The van der Waals surface area contributed by atoms with Gasteiger partial charge in [-0.25, -0.2) is 4.98 Å². The number of aromatic nitrogens is 3. The third kappa shape index (κ3) is 5.31. The lowest BCUT2D eigenvalue weighted by molar-refractivity contribution is -0.126. The molecule has 2 aromatic heterocycles. The Bertz CT molecular complexity index is 632. The molecule has 1 amide bonds. The van der Waals surface area contributed by atoms with Crippen LogP contribution in [0.4, 0.5) is 11.8 Å². The number of nitrogens with zero attached hydrogens (tertiary/aromatic N) is 4. The first-order valence-electron chi connectivity index (χ1n) is 8.04. The summed E-state index contributed by atoms with van der Waals surface area (Å²) < 4.78 is 5.26. The number of carbonyl (C=O) groups excluding carboxylic acids is 1. The quantitative estimate of drug-likeness (QED) is 0.635. The van der Waals surface area contributed by atoms with Crippen molar-refractivity contribution >= 4 is 17.7 Å². The van der Waals surface area contributed by atoms with Gasteiger partial charge in [0.1, 0.15) is 11.9 Å². The summed E-state index contributed by atoms with van der Waals surface area (Å²) in [7, 11) is 0. The first-order chi connectivity index (χ1) is 11.6. The molecule has 2 aromatic rings. The highest BCUT2D eigenvalue weighted by atomic mass is 16.5. The number of carbonyl (C=O) groups is 1. The van der Waals surface area contributed by atoms with E-state index >= 15 is 0 Å². The molecular formula is C16H23N5O3. The summed E-state index contributed by atoms with van der Waals surface area (Å²) in [6.45, 7) is 2.46. The average Bonchev–Trinajstić information content (AvgIpc) is 3.00. The molecule has 1 atom stereocenters. The van der Waals surface area contributed by atoms with Crippen molar-refractivity contribution in [3.8, 4) is 0 Å². The molecule has 1 unspecified atom stereocenters. The van der Waals surface area contributed by atoms with E-state index in [1.807, 2.05) is 23.1 Å². The molecule has 0 aliphatic carbocycles. The van der Waals surface area contributed by atoms with Crippen LogP contribution in [0.5, 0.6) is 0 Å². The molecule has 130 valence electrons. The minimum atomic E-state index is -1.05. The van der Waals surface area contributed by atoms with Gasteiger partial charge < -0.3 is 15.4 Å².